The minimum absolute atomic E-state index is 0.165. The van der Waals surface area contributed by atoms with Gasteiger partial charge in [0.15, 0.2) is 0 Å². The Balaban J connectivity index is 2.21. The van der Waals surface area contributed by atoms with Crippen molar-refractivity contribution in [2.24, 2.45) is 5.73 Å². The number of benzene rings is 1. The fourth-order valence-electron chi connectivity index (χ4n) is 1.83. The van der Waals surface area contributed by atoms with E-state index in [9.17, 15) is 4.79 Å². The third-order valence-electron chi connectivity index (χ3n) is 2.80. The lowest BCUT2D eigenvalue weighted by Crippen LogP contribution is -2.15. The minimum Gasteiger partial charge on any atom is -0.469 e. The van der Waals surface area contributed by atoms with Crippen molar-refractivity contribution in [3.05, 3.63) is 53.5 Å². The van der Waals surface area contributed by atoms with Crippen molar-refractivity contribution in [1.82, 2.24) is 0 Å². The van der Waals surface area contributed by atoms with Crippen molar-refractivity contribution in [2.45, 2.75) is 19.9 Å². The highest BCUT2D eigenvalue weighted by Crippen LogP contribution is 2.17. The molecular weight excluding hydrogens is 228 g/mol. The van der Waals surface area contributed by atoms with Gasteiger partial charge in [0.25, 0.3) is 5.91 Å². The van der Waals surface area contributed by atoms with Gasteiger partial charge in [0.2, 0.25) is 0 Å². The molecule has 1 heterocycles. The molecule has 0 saturated heterocycles. The molecular formula is C14H16N2O2. The van der Waals surface area contributed by atoms with Crippen LogP contribution in [-0.2, 0) is 13.0 Å². The number of hydrogen-bond donors (Lipinski definition) is 2. The Hall–Kier alpha value is -2.07. The van der Waals surface area contributed by atoms with Gasteiger partial charge < -0.3 is 15.5 Å². The Morgan fingerprint density at radius 1 is 1.33 bits per heavy atom. The third-order valence-corrected chi connectivity index (χ3v) is 2.80. The van der Waals surface area contributed by atoms with Crippen LogP contribution in [0.1, 0.15) is 28.6 Å². The lowest BCUT2D eigenvalue weighted by Gasteiger charge is -2.09. The smallest absolute Gasteiger partial charge is 0.259 e. The average Bonchev–Trinajstić information content (AvgIpc) is 2.87. The summed E-state index contributed by atoms with van der Waals surface area (Å²) in [4.78, 5) is 12.1. The number of carbonyl (C=O) groups excluding carboxylic acids is 1. The van der Waals surface area contributed by atoms with Gasteiger partial charge in [-0.15, -0.1) is 0 Å². The van der Waals surface area contributed by atoms with Gasteiger partial charge in [-0.2, -0.15) is 0 Å². The number of anilines is 1. The van der Waals surface area contributed by atoms with Gasteiger partial charge in [-0.05, 0) is 17.7 Å². The van der Waals surface area contributed by atoms with E-state index >= 15 is 0 Å². The predicted molar refractivity (Wildman–Crippen MR) is 70.4 cm³/mol. The zero-order valence-electron chi connectivity index (χ0n) is 10.3. The van der Waals surface area contributed by atoms with E-state index < -0.39 is 0 Å². The molecule has 0 saturated carbocycles. The van der Waals surface area contributed by atoms with Crippen LogP contribution in [0.2, 0.25) is 0 Å². The topological polar surface area (TPSA) is 68.3 Å². The molecule has 0 unspecified atom stereocenters. The van der Waals surface area contributed by atoms with E-state index in [2.05, 4.69) is 5.32 Å². The molecule has 1 amide bonds. The zero-order valence-corrected chi connectivity index (χ0v) is 10.3. The number of aryl methyl sites for hydroxylation is 1. The molecule has 1 aromatic heterocycles. The standard InChI is InChI=1S/C14H16N2O2/c1-2-13-11(7-8-18-13)14(17)16-12-6-4-3-5-10(12)9-15/h3-8H,2,9,15H2,1H3,(H,16,17). The first-order valence-corrected chi connectivity index (χ1v) is 5.92. The average molecular weight is 244 g/mol. The Labute approximate surface area is 106 Å². The van der Waals surface area contributed by atoms with Gasteiger partial charge in [0.1, 0.15) is 5.76 Å². The van der Waals surface area contributed by atoms with Gasteiger partial charge >= 0.3 is 0 Å². The van der Waals surface area contributed by atoms with Crippen molar-refractivity contribution in [1.29, 1.82) is 0 Å². The van der Waals surface area contributed by atoms with Crippen molar-refractivity contribution in [3.8, 4) is 0 Å². The van der Waals surface area contributed by atoms with Crippen molar-refractivity contribution >= 4 is 11.6 Å². The van der Waals surface area contributed by atoms with Crippen LogP contribution in [0.4, 0.5) is 5.69 Å². The largest absolute Gasteiger partial charge is 0.469 e. The summed E-state index contributed by atoms with van der Waals surface area (Å²) >= 11 is 0. The van der Waals surface area contributed by atoms with Crippen molar-refractivity contribution < 1.29 is 9.21 Å². The first kappa shape index (κ1) is 12.4. The third kappa shape index (κ3) is 2.43. The molecule has 3 N–H and O–H groups in total. The normalized spacial score (nSPS) is 10.3. The number of nitrogens with two attached hydrogens (primary N) is 1. The van der Waals surface area contributed by atoms with Crippen LogP contribution in [0.25, 0.3) is 0 Å². The molecule has 0 aliphatic rings. The lowest BCUT2D eigenvalue weighted by atomic mass is 10.1. The monoisotopic (exact) mass is 244 g/mol. The van der Waals surface area contributed by atoms with Gasteiger partial charge in [-0.3, -0.25) is 4.79 Å². The van der Waals surface area contributed by atoms with Crippen molar-refractivity contribution in [3.63, 3.8) is 0 Å². The van der Waals surface area contributed by atoms with Crippen molar-refractivity contribution in [2.75, 3.05) is 5.32 Å². The summed E-state index contributed by atoms with van der Waals surface area (Å²) in [7, 11) is 0. The molecule has 18 heavy (non-hydrogen) atoms. The van der Waals surface area contributed by atoms with Crippen LogP contribution in [0.5, 0.6) is 0 Å². The van der Waals surface area contributed by atoms with Crippen LogP contribution in [0.3, 0.4) is 0 Å². The second-order valence-electron chi connectivity index (χ2n) is 3.93. The summed E-state index contributed by atoms with van der Waals surface area (Å²) in [6.07, 6.45) is 2.22. The van der Waals surface area contributed by atoms with Crippen LogP contribution in [0, 0.1) is 0 Å². The summed E-state index contributed by atoms with van der Waals surface area (Å²) < 4.78 is 5.24. The molecule has 1 aromatic carbocycles. The maximum absolute atomic E-state index is 12.1. The zero-order chi connectivity index (χ0) is 13.0. The maximum Gasteiger partial charge on any atom is 0.259 e. The van der Waals surface area contributed by atoms with Crippen LogP contribution in [-0.4, -0.2) is 5.91 Å². The SMILES string of the molecule is CCc1occc1C(=O)Nc1ccccc1CN. The summed E-state index contributed by atoms with van der Waals surface area (Å²) in [5, 5.41) is 2.86. The Kier molecular flexibility index (Phi) is 3.79. The number of rotatable bonds is 4. The van der Waals surface area contributed by atoms with E-state index in [0.29, 0.717) is 24.3 Å². The van der Waals surface area contributed by atoms with Gasteiger partial charge in [0, 0.05) is 18.7 Å². The molecule has 0 aliphatic heterocycles. The molecule has 0 radical (unpaired) electrons. The molecule has 2 aromatic rings. The highest BCUT2D eigenvalue weighted by Gasteiger charge is 2.14. The van der Waals surface area contributed by atoms with Crippen LogP contribution >= 0.6 is 0 Å². The molecule has 4 nitrogen and oxygen atoms in total. The van der Waals surface area contributed by atoms with Gasteiger partial charge in [0.05, 0.1) is 11.8 Å². The molecule has 0 fully saturated rings. The predicted octanol–water partition coefficient (Wildman–Crippen LogP) is 2.55. The molecule has 0 aliphatic carbocycles. The minimum atomic E-state index is -0.165. The van der Waals surface area contributed by atoms with E-state index in [0.717, 1.165) is 11.3 Å². The Bertz CT molecular complexity index is 546. The fraction of sp³-hybridized carbons (Fsp3) is 0.214. The molecule has 4 heteroatoms. The van der Waals surface area contributed by atoms with Crippen LogP contribution in [0.15, 0.2) is 41.0 Å². The second kappa shape index (κ2) is 5.51. The quantitative estimate of drug-likeness (QED) is 0.868. The number of furan rings is 1. The van der Waals surface area contributed by atoms with E-state index in [1.54, 1.807) is 6.07 Å². The Morgan fingerprint density at radius 2 is 2.11 bits per heavy atom. The molecule has 0 bridgehead atoms. The molecule has 0 atom stereocenters. The van der Waals surface area contributed by atoms with E-state index in [1.165, 1.54) is 6.26 Å². The highest BCUT2D eigenvalue weighted by molar-refractivity contribution is 6.05. The summed E-state index contributed by atoms with van der Waals surface area (Å²) in [6, 6.07) is 9.18. The van der Waals surface area contributed by atoms with Crippen LogP contribution < -0.4 is 11.1 Å². The lowest BCUT2D eigenvalue weighted by molar-refractivity contribution is 0.102. The summed E-state index contributed by atoms with van der Waals surface area (Å²) in [5.74, 6) is 0.527. The van der Waals surface area contributed by atoms with Gasteiger partial charge in [-0.25, -0.2) is 0 Å². The van der Waals surface area contributed by atoms with E-state index in [-0.39, 0.29) is 5.91 Å². The van der Waals surface area contributed by atoms with E-state index in [1.807, 2.05) is 31.2 Å². The van der Waals surface area contributed by atoms with E-state index in [4.69, 9.17) is 10.2 Å². The number of amides is 1. The van der Waals surface area contributed by atoms with Gasteiger partial charge in [-0.1, -0.05) is 25.1 Å². The Morgan fingerprint density at radius 3 is 2.83 bits per heavy atom. The summed E-state index contributed by atoms with van der Waals surface area (Å²) in [6.45, 7) is 2.34. The fourth-order valence-corrected chi connectivity index (χ4v) is 1.83. The molecule has 94 valence electrons. The maximum atomic E-state index is 12.1. The highest BCUT2D eigenvalue weighted by atomic mass is 16.3. The first-order valence-electron chi connectivity index (χ1n) is 5.92. The number of nitrogens with one attached hydrogen (secondary N) is 1. The number of para-hydroxylation sites is 1. The summed E-state index contributed by atoms with van der Waals surface area (Å²) in [5.41, 5.74) is 7.86. The molecule has 0 spiro atoms. The molecule has 2 rings (SSSR count). The first-order chi connectivity index (χ1) is 8.76. The second-order valence-corrected chi connectivity index (χ2v) is 3.93. The number of carbonyl (C=O) groups is 1. The number of hydrogen-bond acceptors (Lipinski definition) is 3.